The van der Waals surface area contributed by atoms with Crippen molar-refractivity contribution in [1.29, 1.82) is 0 Å². The number of rotatable bonds is 4. The van der Waals surface area contributed by atoms with Gasteiger partial charge in [-0.15, -0.1) is 0 Å². The number of aromatic hydroxyl groups is 4. The topological polar surface area (TPSA) is 305 Å². The normalized spacial score (nSPS) is 11.7. The smallest absolute Gasteiger partial charge is 0.508 e. The maximum Gasteiger partial charge on any atom is 0.524 e. The molecule has 300 valence electrons. The Labute approximate surface area is 326 Å². The summed E-state index contributed by atoms with van der Waals surface area (Å²) in [5.41, 5.74) is -1.22. The first-order valence-electron chi connectivity index (χ1n) is 16.6. The molecule has 0 aliphatic rings. The average molecular weight is 845 g/mol. The van der Waals surface area contributed by atoms with Crippen LogP contribution in [0.5, 0.6) is 34.5 Å². The average Bonchev–Trinajstić information content (AvgIpc) is 3.14. The Hall–Kier alpha value is -7.17. The number of phenols is 4. The fourth-order valence-electron chi connectivity index (χ4n) is 6.10. The molecule has 3 heterocycles. The van der Waals surface area contributed by atoms with Crippen LogP contribution >= 0.6 is 15.6 Å². The first kappa shape index (κ1) is 40.0. The molecule has 0 bridgehead atoms. The molecule has 0 radical (unpaired) electrons. The molecule has 3 aromatic heterocycles. The Balaban J connectivity index is 0.000000135. The van der Waals surface area contributed by atoms with Gasteiger partial charge in [0.2, 0.25) is 0 Å². The van der Waals surface area contributed by atoms with Gasteiger partial charge >= 0.3 is 32.5 Å². The van der Waals surface area contributed by atoms with Crippen LogP contribution in [0.15, 0.2) is 137 Å². The van der Waals surface area contributed by atoms with Crippen LogP contribution in [0.1, 0.15) is 0 Å². The summed E-state index contributed by atoms with van der Waals surface area (Å²) < 4.78 is 45.8. The van der Waals surface area contributed by atoms with Crippen molar-refractivity contribution in [3.63, 3.8) is 0 Å². The second-order valence-corrected chi connectivity index (χ2v) is 14.8. The van der Waals surface area contributed by atoms with Crippen LogP contribution in [0, 0.1) is 0 Å². The molecule has 18 nitrogen and oxygen atoms in total. The minimum absolute atomic E-state index is 0.0166. The van der Waals surface area contributed by atoms with E-state index in [2.05, 4.69) is 9.05 Å². The Bertz CT molecular complexity index is 3420. The maximum absolute atomic E-state index is 11.9. The second-order valence-electron chi connectivity index (χ2n) is 12.5. The molecule has 9 aromatic rings. The predicted molar refractivity (Wildman–Crippen MR) is 212 cm³/mol. The summed E-state index contributed by atoms with van der Waals surface area (Å²) in [6.45, 7) is 0. The summed E-state index contributed by atoms with van der Waals surface area (Å²) in [6.07, 6.45) is 0. The molecule has 0 fully saturated rings. The van der Waals surface area contributed by atoms with Crippen molar-refractivity contribution in [3.8, 4) is 34.5 Å². The van der Waals surface area contributed by atoms with Gasteiger partial charge in [-0.3, -0.25) is 19.6 Å². The zero-order valence-corrected chi connectivity index (χ0v) is 31.2. The van der Waals surface area contributed by atoms with Crippen LogP contribution in [0.4, 0.5) is 0 Å². The molecule has 0 saturated carbocycles. The van der Waals surface area contributed by atoms with Crippen LogP contribution in [0.25, 0.3) is 65.2 Å². The summed E-state index contributed by atoms with van der Waals surface area (Å²) in [7, 11) is -9.39. The Kier molecular flexibility index (Phi) is 10.4. The van der Waals surface area contributed by atoms with E-state index in [0.29, 0.717) is 37.9 Å². The van der Waals surface area contributed by atoms with Crippen LogP contribution in [0.3, 0.4) is 0 Å². The third-order valence-electron chi connectivity index (χ3n) is 8.47. The van der Waals surface area contributed by atoms with Crippen molar-refractivity contribution in [2.75, 3.05) is 0 Å². The molecule has 0 atom stereocenters. The summed E-state index contributed by atoms with van der Waals surface area (Å²) in [4.78, 5) is 70.6. The molecule has 0 saturated heterocycles. The second kappa shape index (κ2) is 15.3. The number of hydrogen-bond acceptors (Lipinski definition) is 14. The largest absolute Gasteiger partial charge is 0.524 e. The lowest BCUT2D eigenvalue weighted by Crippen LogP contribution is -2.00. The monoisotopic (exact) mass is 844 g/mol. The van der Waals surface area contributed by atoms with Crippen LogP contribution in [-0.2, 0) is 9.13 Å². The first-order chi connectivity index (χ1) is 27.8. The van der Waals surface area contributed by atoms with E-state index in [-0.39, 0.29) is 56.4 Å². The minimum Gasteiger partial charge on any atom is -0.508 e. The van der Waals surface area contributed by atoms with Gasteiger partial charge in [0.05, 0.1) is 16.2 Å². The van der Waals surface area contributed by atoms with E-state index in [1.807, 2.05) is 0 Å². The quantitative estimate of drug-likeness (QED) is 0.0525. The van der Waals surface area contributed by atoms with E-state index < -0.39 is 32.5 Å². The molecule has 59 heavy (non-hydrogen) atoms. The van der Waals surface area contributed by atoms with Crippen LogP contribution in [-0.4, -0.2) is 40.0 Å². The van der Waals surface area contributed by atoms with E-state index in [4.69, 9.17) is 32.8 Å². The predicted octanol–water partition coefficient (Wildman–Crippen LogP) is 6.60. The summed E-state index contributed by atoms with van der Waals surface area (Å²) in [6, 6.07) is 25.9. The van der Waals surface area contributed by atoms with Crippen molar-refractivity contribution < 1.29 is 71.4 Å². The van der Waals surface area contributed by atoms with Gasteiger partial charge in [-0.1, -0.05) is 0 Å². The highest BCUT2D eigenvalue weighted by Crippen LogP contribution is 2.40. The van der Waals surface area contributed by atoms with E-state index in [1.165, 1.54) is 84.9 Å². The number of phosphoric ester groups is 2. The van der Waals surface area contributed by atoms with Gasteiger partial charge in [0, 0.05) is 50.5 Å². The third kappa shape index (κ3) is 8.88. The molecule has 0 amide bonds. The molecule has 0 aliphatic heterocycles. The van der Waals surface area contributed by atoms with Crippen molar-refractivity contribution >= 4 is 80.9 Å². The SMILES string of the molecule is O=c1oc2cc(O)ccc2c2ccc(O)cc12.O=c1oc2cc(O)ccc2c2ccc(OP(=O)(O)O)cc12.O=c1oc2cc(OP(=O)(O)O)ccc2c2ccc(O)cc12. The van der Waals surface area contributed by atoms with Gasteiger partial charge in [0.1, 0.15) is 51.2 Å². The van der Waals surface area contributed by atoms with Gasteiger partial charge in [0.15, 0.2) is 0 Å². The Morgan fingerprint density at radius 3 is 1.03 bits per heavy atom. The lowest BCUT2D eigenvalue weighted by atomic mass is 10.1. The minimum atomic E-state index is -4.70. The molecule has 6 aromatic carbocycles. The van der Waals surface area contributed by atoms with Crippen LogP contribution < -0.4 is 25.9 Å². The number of fused-ring (bicyclic) bond motifs is 9. The lowest BCUT2D eigenvalue weighted by Gasteiger charge is -2.08. The maximum atomic E-state index is 11.9. The zero-order valence-electron chi connectivity index (χ0n) is 29.4. The molecule has 9 rings (SSSR count). The fourth-order valence-corrected chi connectivity index (χ4v) is 6.87. The molecular weight excluding hydrogens is 818 g/mol. The van der Waals surface area contributed by atoms with Gasteiger partial charge < -0.3 is 42.7 Å². The Morgan fingerprint density at radius 2 is 0.644 bits per heavy atom. The summed E-state index contributed by atoms with van der Waals surface area (Å²) in [5, 5.41) is 41.8. The number of hydrogen-bond donors (Lipinski definition) is 8. The highest BCUT2D eigenvalue weighted by atomic mass is 31.2. The van der Waals surface area contributed by atoms with Crippen molar-refractivity contribution in [3.05, 3.63) is 140 Å². The summed E-state index contributed by atoms with van der Waals surface area (Å²) in [5.74, 6) is -0.290. The standard InChI is InChI=1S/2C13H9O7P.C13H8O4/c14-7-1-3-10-9-4-2-8(20-21(16,17)18)6-11(9)13(15)19-12(10)5-7;14-7-1-3-9-10-4-2-8(20-21(16,17)18)6-12(10)19-13(15)11(9)5-7;14-7-1-3-9-10-4-2-8(15)6-12(10)17-13(16)11(9)5-7/h2*1-6,14H,(H2,16,17,18);1-6,14-15H. The highest BCUT2D eigenvalue weighted by Gasteiger charge is 2.19. The van der Waals surface area contributed by atoms with Gasteiger partial charge in [-0.05, 0) is 91.0 Å². The van der Waals surface area contributed by atoms with E-state index in [0.717, 1.165) is 5.39 Å². The zero-order chi connectivity index (χ0) is 42.4. The number of benzene rings is 6. The first-order valence-corrected chi connectivity index (χ1v) is 19.7. The van der Waals surface area contributed by atoms with E-state index >= 15 is 0 Å². The fraction of sp³-hybridized carbons (Fsp3) is 0. The number of phenolic OH excluding ortho intramolecular Hbond substituents is 4. The number of phosphoric acid groups is 2. The summed E-state index contributed by atoms with van der Waals surface area (Å²) >= 11 is 0. The van der Waals surface area contributed by atoms with Crippen molar-refractivity contribution in [2.24, 2.45) is 0 Å². The highest BCUT2D eigenvalue weighted by molar-refractivity contribution is 7.47. The molecule has 0 spiro atoms. The van der Waals surface area contributed by atoms with E-state index in [9.17, 15) is 43.9 Å². The van der Waals surface area contributed by atoms with Crippen molar-refractivity contribution in [2.45, 2.75) is 0 Å². The van der Waals surface area contributed by atoms with Gasteiger partial charge in [-0.2, -0.15) is 0 Å². The van der Waals surface area contributed by atoms with E-state index in [1.54, 1.807) is 24.3 Å². The molecule has 0 unspecified atom stereocenters. The van der Waals surface area contributed by atoms with Crippen LogP contribution in [0.2, 0.25) is 0 Å². The van der Waals surface area contributed by atoms with Gasteiger partial charge in [0.25, 0.3) is 0 Å². The van der Waals surface area contributed by atoms with Gasteiger partial charge in [-0.25, -0.2) is 23.5 Å². The third-order valence-corrected chi connectivity index (χ3v) is 9.36. The lowest BCUT2D eigenvalue weighted by molar-refractivity contribution is 0.281. The molecule has 0 aliphatic carbocycles. The molecule has 8 N–H and O–H groups in total. The molecule has 20 heteroatoms. The Morgan fingerprint density at radius 1 is 0.356 bits per heavy atom. The molecular formula is C39H26O18P2. The van der Waals surface area contributed by atoms with Crippen molar-refractivity contribution in [1.82, 2.24) is 0 Å².